The summed E-state index contributed by atoms with van der Waals surface area (Å²) in [6, 6.07) is 5.77. The van der Waals surface area contributed by atoms with Gasteiger partial charge in [-0.1, -0.05) is 0 Å². The fourth-order valence-electron chi connectivity index (χ4n) is 3.56. The van der Waals surface area contributed by atoms with Gasteiger partial charge in [-0.3, -0.25) is 4.90 Å². The highest BCUT2D eigenvalue weighted by atomic mass is 19.4. The summed E-state index contributed by atoms with van der Waals surface area (Å²) in [6.45, 7) is 2.45. The second-order valence-corrected chi connectivity index (χ2v) is 7.18. The van der Waals surface area contributed by atoms with Crippen molar-refractivity contribution in [2.45, 2.75) is 38.2 Å². The Morgan fingerprint density at radius 2 is 2.00 bits per heavy atom. The molecule has 7 nitrogen and oxygen atoms in total. The zero-order valence-electron chi connectivity index (χ0n) is 16.1. The van der Waals surface area contributed by atoms with E-state index in [-0.39, 0.29) is 24.4 Å². The van der Waals surface area contributed by atoms with Crippen LogP contribution in [0.5, 0.6) is 11.5 Å². The summed E-state index contributed by atoms with van der Waals surface area (Å²) >= 11 is 0. The van der Waals surface area contributed by atoms with E-state index in [2.05, 4.69) is 25.2 Å². The van der Waals surface area contributed by atoms with Gasteiger partial charge in [-0.2, -0.15) is 0 Å². The van der Waals surface area contributed by atoms with Crippen LogP contribution in [0.4, 0.5) is 19.0 Å². The Balaban J connectivity index is 1.72. The van der Waals surface area contributed by atoms with Gasteiger partial charge in [0.2, 0.25) is 0 Å². The second kappa shape index (κ2) is 8.42. The molecular formula is C19H23F3N4O3. The lowest BCUT2D eigenvalue weighted by atomic mass is 9.99. The highest BCUT2D eigenvalue weighted by Gasteiger charge is 2.31. The molecule has 0 bridgehead atoms. The Morgan fingerprint density at radius 3 is 2.55 bits per heavy atom. The van der Waals surface area contributed by atoms with Crippen molar-refractivity contribution in [1.82, 2.24) is 15.1 Å². The number of likely N-dealkylation sites (N-methyl/N-ethyl adjacent to an activating group) is 1. The molecule has 10 heteroatoms. The van der Waals surface area contributed by atoms with Gasteiger partial charge >= 0.3 is 6.36 Å². The van der Waals surface area contributed by atoms with Crippen molar-refractivity contribution in [3.8, 4) is 22.8 Å². The fourth-order valence-corrected chi connectivity index (χ4v) is 3.56. The van der Waals surface area contributed by atoms with Gasteiger partial charge in [-0.25, -0.2) is 0 Å². The first-order valence-electron chi connectivity index (χ1n) is 9.17. The molecule has 0 aliphatic carbocycles. The first-order chi connectivity index (χ1) is 13.7. The SMILES string of the molecule is Cc1cc(OC(F)(F)F)cc(O)c1-c1ccc(N[C@@H]2CC[C@@H](CO)N(C)C2)nn1. The summed E-state index contributed by atoms with van der Waals surface area (Å²) in [4.78, 5) is 2.09. The largest absolute Gasteiger partial charge is 0.573 e. The van der Waals surface area contributed by atoms with Crippen LogP contribution in [0, 0.1) is 6.92 Å². The molecule has 2 heterocycles. The number of aliphatic hydroxyl groups excluding tert-OH is 1. The minimum atomic E-state index is -4.84. The van der Waals surface area contributed by atoms with Gasteiger partial charge in [-0.15, -0.1) is 23.4 Å². The minimum Gasteiger partial charge on any atom is -0.507 e. The van der Waals surface area contributed by atoms with Crippen LogP contribution in [0.25, 0.3) is 11.3 Å². The van der Waals surface area contributed by atoms with Crippen molar-refractivity contribution < 1.29 is 28.1 Å². The number of halogens is 3. The number of hydrogen-bond donors (Lipinski definition) is 3. The van der Waals surface area contributed by atoms with Crippen LogP contribution >= 0.6 is 0 Å². The Hall–Kier alpha value is -2.59. The second-order valence-electron chi connectivity index (χ2n) is 7.18. The topological polar surface area (TPSA) is 90.7 Å². The summed E-state index contributed by atoms with van der Waals surface area (Å²) in [6.07, 6.45) is -3.08. The molecule has 0 spiro atoms. The third-order valence-electron chi connectivity index (χ3n) is 4.99. The van der Waals surface area contributed by atoms with Crippen LogP contribution in [0.1, 0.15) is 18.4 Å². The summed E-state index contributed by atoms with van der Waals surface area (Å²) < 4.78 is 41.0. The van der Waals surface area contributed by atoms with Crippen LogP contribution < -0.4 is 10.1 Å². The Bertz CT molecular complexity index is 823. The Labute approximate surface area is 166 Å². The lowest BCUT2D eigenvalue weighted by Gasteiger charge is -2.36. The van der Waals surface area contributed by atoms with E-state index in [9.17, 15) is 23.4 Å². The molecule has 1 fully saturated rings. The predicted octanol–water partition coefficient (Wildman–Crippen LogP) is 2.92. The average molecular weight is 412 g/mol. The smallest absolute Gasteiger partial charge is 0.507 e. The van der Waals surface area contributed by atoms with E-state index in [1.807, 2.05) is 7.05 Å². The molecule has 1 saturated heterocycles. The van der Waals surface area contributed by atoms with Gasteiger partial charge in [0.1, 0.15) is 17.3 Å². The van der Waals surface area contributed by atoms with E-state index in [0.717, 1.165) is 25.5 Å². The van der Waals surface area contributed by atoms with E-state index in [4.69, 9.17) is 0 Å². The molecule has 158 valence electrons. The number of phenolic OH excluding ortho intramolecular Hbond substituents is 1. The highest BCUT2D eigenvalue weighted by Crippen LogP contribution is 2.36. The number of phenols is 1. The Kier molecular flexibility index (Phi) is 6.13. The first kappa shape index (κ1) is 21.1. The average Bonchev–Trinajstić information content (AvgIpc) is 2.61. The third-order valence-corrected chi connectivity index (χ3v) is 4.99. The molecule has 0 saturated carbocycles. The molecule has 0 radical (unpaired) electrons. The third kappa shape index (κ3) is 5.27. The van der Waals surface area contributed by atoms with Crippen LogP contribution in [-0.4, -0.2) is 64.0 Å². The van der Waals surface area contributed by atoms with Crippen LogP contribution in [0.15, 0.2) is 24.3 Å². The number of benzene rings is 1. The number of nitrogens with zero attached hydrogens (tertiary/aromatic N) is 3. The van der Waals surface area contributed by atoms with Crippen molar-refractivity contribution in [1.29, 1.82) is 0 Å². The number of aliphatic hydroxyl groups is 1. The molecule has 0 unspecified atom stereocenters. The number of ether oxygens (including phenoxy) is 1. The molecular weight excluding hydrogens is 389 g/mol. The molecule has 1 aromatic heterocycles. The quantitative estimate of drug-likeness (QED) is 0.696. The number of anilines is 1. The summed E-state index contributed by atoms with van der Waals surface area (Å²) in [5, 5.41) is 31.0. The summed E-state index contributed by atoms with van der Waals surface area (Å²) in [5.74, 6) is -0.308. The number of aryl methyl sites for hydroxylation is 1. The maximum Gasteiger partial charge on any atom is 0.573 e. The number of piperidine rings is 1. The maximum absolute atomic E-state index is 12.4. The lowest BCUT2D eigenvalue weighted by molar-refractivity contribution is -0.274. The monoisotopic (exact) mass is 412 g/mol. The zero-order chi connectivity index (χ0) is 21.2. The molecule has 3 N–H and O–H groups in total. The van der Waals surface area contributed by atoms with E-state index >= 15 is 0 Å². The van der Waals surface area contributed by atoms with Crippen LogP contribution in [-0.2, 0) is 0 Å². The van der Waals surface area contributed by atoms with Gasteiger partial charge in [0.15, 0.2) is 0 Å². The standard InChI is InChI=1S/C19H23F3N4O3/c1-11-7-14(29-19(20,21)22)8-16(28)18(11)15-5-6-17(25-24-15)23-12-3-4-13(10-27)26(2)9-12/h5-8,12-13,27-28H,3-4,9-10H2,1-2H3,(H,23,25)/t12-,13+/m1/s1. The highest BCUT2D eigenvalue weighted by molar-refractivity contribution is 5.72. The molecule has 3 rings (SSSR count). The number of alkyl halides is 3. The fraction of sp³-hybridized carbons (Fsp3) is 0.474. The molecule has 29 heavy (non-hydrogen) atoms. The molecule has 1 aliphatic rings. The van der Waals surface area contributed by atoms with E-state index in [1.54, 1.807) is 19.1 Å². The molecule has 2 aromatic rings. The summed E-state index contributed by atoms with van der Waals surface area (Å²) in [7, 11) is 1.96. The normalized spacial score (nSPS) is 20.5. The van der Waals surface area contributed by atoms with Crippen LogP contribution in [0.3, 0.4) is 0 Å². The van der Waals surface area contributed by atoms with Gasteiger partial charge in [0.05, 0.1) is 12.3 Å². The van der Waals surface area contributed by atoms with Crippen molar-refractivity contribution >= 4 is 5.82 Å². The van der Waals surface area contributed by atoms with Crippen molar-refractivity contribution in [3.63, 3.8) is 0 Å². The molecule has 1 aromatic carbocycles. The zero-order valence-corrected chi connectivity index (χ0v) is 16.1. The Morgan fingerprint density at radius 1 is 1.24 bits per heavy atom. The summed E-state index contributed by atoms with van der Waals surface area (Å²) in [5.41, 5.74) is 1.01. The lowest BCUT2D eigenvalue weighted by Crippen LogP contribution is -2.47. The number of aromatic nitrogens is 2. The number of hydrogen-bond acceptors (Lipinski definition) is 7. The van der Waals surface area contributed by atoms with Gasteiger partial charge < -0.3 is 20.3 Å². The maximum atomic E-state index is 12.4. The number of likely N-dealkylation sites (tertiary alicyclic amines) is 1. The van der Waals surface area contributed by atoms with Gasteiger partial charge in [0, 0.05) is 30.3 Å². The first-order valence-corrected chi connectivity index (χ1v) is 9.17. The van der Waals surface area contributed by atoms with Gasteiger partial charge in [0.25, 0.3) is 0 Å². The van der Waals surface area contributed by atoms with Crippen LogP contribution in [0.2, 0.25) is 0 Å². The van der Waals surface area contributed by atoms with E-state index in [1.165, 1.54) is 6.07 Å². The molecule has 0 amide bonds. The van der Waals surface area contributed by atoms with E-state index < -0.39 is 12.1 Å². The van der Waals surface area contributed by atoms with Crippen molar-refractivity contribution in [3.05, 3.63) is 29.8 Å². The number of aromatic hydroxyl groups is 1. The minimum absolute atomic E-state index is 0.132. The van der Waals surface area contributed by atoms with Gasteiger partial charge in [-0.05, 0) is 50.6 Å². The molecule has 1 aliphatic heterocycles. The number of rotatable bonds is 5. The van der Waals surface area contributed by atoms with Crippen molar-refractivity contribution in [2.75, 3.05) is 25.5 Å². The van der Waals surface area contributed by atoms with E-state index in [0.29, 0.717) is 22.6 Å². The predicted molar refractivity (Wildman–Crippen MR) is 101 cm³/mol. The number of nitrogens with one attached hydrogen (secondary N) is 1. The van der Waals surface area contributed by atoms with Crippen molar-refractivity contribution in [2.24, 2.45) is 0 Å². The molecule has 2 atom stereocenters.